The number of carboxylic acids is 1. The fraction of sp³-hybridized carbons (Fsp3) is 0.476. The molecule has 0 fully saturated rings. The molecule has 0 aliphatic heterocycles. The molecule has 13 heteroatoms. The van der Waals surface area contributed by atoms with Gasteiger partial charge in [0, 0.05) is 0 Å². The zero-order valence-electron chi connectivity index (χ0n) is 18.7. The van der Waals surface area contributed by atoms with Crippen LogP contribution >= 0.6 is 0 Å². The summed E-state index contributed by atoms with van der Waals surface area (Å²) in [5, 5.41) is 25.0. The van der Waals surface area contributed by atoms with E-state index in [1.54, 1.807) is 12.1 Å². The molecule has 0 radical (unpaired) electrons. The number of primary amides is 1. The lowest BCUT2D eigenvalue weighted by molar-refractivity contribution is -0.138. The van der Waals surface area contributed by atoms with Crippen LogP contribution in [0.25, 0.3) is 0 Å². The molecule has 34 heavy (non-hydrogen) atoms. The molecule has 1 aromatic rings. The van der Waals surface area contributed by atoms with E-state index < -0.39 is 60.7 Å². The van der Waals surface area contributed by atoms with Gasteiger partial charge in [0.05, 0.1) is 12.5 Å². The molecule has 0 heterocycles. The first-order chi connectivity index (χ1) is 16.0. The number of nitrogens with one attached hydrogen (secondary N) is 3. The molecule has 1 rings (SSSR count). The number of carboxylic acid groups (broad SMARTS) is 1. The molecule has 0 saturated heterocycles. The first-order valence-corrected chi connectivity index (χ1v) is 10.7. The van der Waals surface area contributed by atoms with Crippen LogP contribution in [0.5, 0.6) is 5.75 Å². The van der Waals surface area contributed by atoms with Crippen molar-refractivity contribution in [3.63, 3.8) is 0 Å². The van der Waals surface area contributed by atoms with Gasteiger partial charge in [0.25, 0.3) is 0 Å². The number of carbonyl (C=O) groups is 5. The lowest BCUT2D eigenvalue weighted by atomic mass is 10.0. The zero-order valence-corrected chi connectivity index (χ0v) is 18.7. The van der Waals surface area contributed by atoms with E-state index >= 15 is 0 Å². The second kappa shape index (κ2) is 14.4. The summed E-state index contributed by atoms with van der Waals surface area (Å²) in [6, 6.07) is 2.61. The Labute approximate surface area is 196 Å². The van der Waals surface area contributed by atoms with Gasteiger partial charge >= 0.3 is 5.97 Å². The average Bonchev–Trinajstić information content (AvgIpc) is 2.77. The third-order valence-corrected chi connectivity index (χ3v) is 4.76. The number of phenols is 1. The van der Waals surface area contributed by atoms with Crippen molar-refractivity contribution in [3.05, 3.63) is 29.8 Å². The standard InChI is InChI=1S/C21H32N6O7/c22-8-2-1-3-15(26-19(32)14(23)9-12-4-6-13(28)7-5-12)21(34)27-16(10-17(24)29)20(33)25-11-18(30)31/h4-7,14-16,28H,1-3,8-11,22-23H2,(H2,24,29)(H,25,33)(H,26,32)(H,27,34)(H,30,31). The van der Waals surface area contributed by atoms with E-state index in [9.17, 15) is 29.1 Å². The van der Waals surface area contributed by atoms with Gasteiger partial charge in [-0.15, -0.1) is 0 Å². The Morgan fingerprint density at radius 2 is 1.53 bits per heavy atom. The van der Waals surface area contributed by atoms with Crippen LogP contribution in [0, 0.1) is 0 Å². The highest BCUT2D eigenvalue weighted by Crippen LogP contribution is 2.11. The number of phenolic OH excluding ortho intramolecular Hbond substituents is 1. The first kappa shape index (κ1) is 28.3. The number of carbonyl (C=O) groups excluding carboxylic acids is 4. The van der Waals surface area contributed by atoms with Crippen LogP contribution in [0.3, 0.4) is 0 Å². The zero-order chi connectivity index (χ0) is 25.7. The van der Waals surface area contributed by atoms with Gasteiger partial charge in [-0.1, -0.05) is 12.1 Å². The summed E-state index contributed by atoms with van der Waals surface area (Å²) in [4.78, 5) is 59.7. The monoisotopic (exact) mass is 480 g/mol. The minimum absolute atomic E-state index is 0.0660. The van der Waals surface area contributed by atoms with E-state index in [0.29, 0.717) is 24.9 Å². The van der Waals surface area contributed by atoms with Crippen LogP contribution in [0.4, 0.5) is 0 Å². The molecule has 3 unspecified atom stereocenters. The topological polar surface area (TPSA) is 240 Å². The number of benzene rings is 1. The third kappa shape index (κ3) is 10.7. The predicted molar refractivity (Wildman–Crippen MR) is 121 cm³/mol. The Morgan fingerprint density at radius 1 is 0.912 bits per heavy atom. The van der Waals surface area contributed by atoms with Crippen LogP contribution in [-0.2, 0) is 30.4 Å². The molecule has 1 aromatic carbocycles. The summed E-state index contributed by atoms with van der Waals surface area (Å²) in [5.41, 5.74) is 17.3. The highest BCUT2D eigenvalue weighted by molar-refractivity contribution is 5.95. The Morgan fingerprint density at radius 3 is 2.09 bits per heavy atom. The van der Waals surface area contributed by atoms with E-state index in [0.717, 1.165) is 0 Å². The van der Waals surface area contributed by atoms with Gasteiger partial charge in [0.2, 0.25) is 23.6 Å². The summed E-state index contributed by atoms with van der Waals surface area (Å²) in [5.74, 6) is -4.44. The third-order valence-electron chi connectivity index (χ3n) is 4.76. The van der Waals surface area contributed by atoms with E-state index in [1.165, 1.54) is 12.1 Å². The van der Waals surface area contributed by atoms with Crippen molar-refractivity contribution in [3.8, 4) is 5.75 Å². The van der Waals surface area contributed by atoms with E-state index in [2.05, 4.69) is 16.0 Å². The average molecular weight is 481 g/mol. The molecule has 0 bridgehead atoms. The largest absolute Gasteiger partial charge is 0.508 e. The summed E-state index contributed by atoms with van der Waals surface area (Å²) < 4.78 is 0. The number of nitrogens with two attached hydrogens (primary N) is 3. The summed E-state index contributed by atoms with van der Waals surface area (Å²) in [7, 11) is 0. The van der Waals surface area contributed by atoms with Crippen LogP contribution in [0.15, 0.2) is 24.3 Å². The van der Waals surface area contributed by atoms with Gasteiger partial charge in [-0.05, 0) is 49.9 Å². The lowest BCUT2D eigenvalue weighted by Crippen LogP contribution is -2.56. The number of unbranched alkanes of at least 4 members (excludes halogenated alkanes) is 1. The van der Waals surface area contributed by atoms with Gasteiger partial charge < -0.3 is 43.4 Å². The molecule has 13 nitrogen and oxygen atoms in total. The van der Waals surface area contributed by atoms with Gasteiger partial charge in [-0.2, -0.15) is 0 Å². The van der Waals surface area contributed by atoms with Crippen molar-refractivity contribution < 1.29 is 34.2 Å². The van der Waals surface area contributed by atoms with Gasteiger partial charge in [0.1, 0.15) is 24.4 Å². The maximum atomic E-state index is 12.9. The van der Waals surface area contributed by atoms with E-state index in [-0.39, 0.29) is 18.6 Å². The first-order valence-electron chi connectivity index (χ1n) is 10.7. The quantitative estimate of drug-likeness (QED) is 0.123. The highest BCUT2D eigenvalue weighted by atomic mass is 16.4. The maximum absolute atomic E-state index is 12.9. The van der Waals surface area contributed by atoms with Crippen LogP contribution in [-0.4, -0.2) is 71.0 Å². The van der Waals surface area contributed by atoms with Crippen molar-refractivity contribution >= 4 is 29.6 Å². The fourth-order valence-corrected chi connectivity index (χ4v) is 2.99. The molecular formula is C21H32N6O7. The minimum atomic E-state index is -1.43. The van der Waals surface area contributed by atoms with E-state index in [4.69, 9.17) is 22.3 Å². The minimum Gasteiger partial charge on any atom is -0.508 e. The molecule has 4 amide bonds. The SMILES string of the molecule is NCCCCC(NC(=O)C(N)Cc1ccc(O)cc1)C(=O)NC(CC(N)=O)C(=O)NCC(=O)O. The molecule has 188 valence electrons. The lowest BCUT2D eigenvalue weighted by Gasteiger charge is -2.23. The van der Waals surface area contributed by atoms with Crippen molar-refractivity contribution in [2.75, 3.05) is 13.1 Å². The number of aromatic hydroxyl groups is 1. The molecule has 0 spiro atoms. The Kier molecular flexibility index (Phi) is 12.0. The predicted octanol–water partition coefficient (Wildman–Crippen LogP) is -2.56. The summed E-state index contributed by atoms with van der Waals surface area (Å²) in [6.45, 7) is -0.350. The number of amides is 4. The van der Waals surface area contributed by atoms with Gasteiger partial charge in [0.15, 0.2) is 0 Å². The maximum Gasteiger partial charge on any atom is 0.322 e. The van der Waals surface area contributed by atoms with Gasteiger partial charge in [-0.3, -0.25) is 24.0 Å². The van der Waals surface area contributed by atoms with Crippen molar-refractivity contribution in [1.82, 2.24) is 16.0 Å². The second-order valence-corrected chi connectivity index (χ2v) is 7.67. The molecule has 3 atom stereocenters. The van der Waals surface area contributed by atoms with Crippen molar-refractivity contribution in [2.45, 2.75) is 50.2 Å². The number of hydrogen-bond acceptors (Lipinski definition) is 8. The Bertz CT molecular complexity index is 862. The molecular weight excluding hydrogens is 448 g/mol. The highest BCUT2D eigenvalue weighted by Gasteiger charge is 2.29. The Hall–Kier alpha value is -3.71. The second-order valence-electron chi connectivity index (χ2n) is 7.67. The molecule has 0 saturated carbocycles. The van der Waals surface area contributed by atoms with Crippen molar-refractivity contribution in [2.24, 2.45) is 17.2 Å². The van der Waals surface area contributed by atoms with Crippen molar-refractivity contribution in [1.29, 1.82) is 0 Å². The molecule has 0 aromatic heterocycles. The molecule has 0 aliphatic rings. The number of hydrogen-bond donors (Lipinski definition) is 8. The summed E-state index contributed by atoms with van der Waals surface area (Å²) in [6.07, 6.45) is 0.809. The normalized spacial score (nSPS) is 13.2. The van der Waals surface area contributed by atoms with Gasteiger partial charge in [-0.25, -0.2) is 0 Å². The summed E-state index contributed by atoms with van der Waals surface area (Å²) >= 11 is 0. The number of aliphatic carboxylic acids is 1. The van der Waals surface area contributed by atoms with E-state index in [1.807, 2.05) is 0 Å². The fourth-order valence-electron chi connectivity index (χ4n) is 2.99. The van der Waals surface area contributed by atoms with Crippen LogP contribution < -0.4 is 33.2 Å². The number of rotatable bonds is 15. The Balaban J connectivity index is 2.88. The molecule has 11 N–H and O–H groups in total. The van der Waals surface area contributed by atoms with Crippen LogP contribution in [0.1, 0.15) is 31.2 Å². The van der Waals surface area contributed by atoms with Crippen LogP contribution in [0.2, 0.25) is 0 Å². The smallest absolute Gasteiger partial charge is 0.322 e. The molecule has 0 aliphatic carbocycles.